The summed E-state index contributed by atoms with van der Waals surface area (Å²) in [6.45, 7) is 5.07. The van der Waals surface area contributed by atoms with E-state index in [1.807, 2.05) is 12.1 Å². The molecule has 0 saturated heterocycles. The Hall–Kier alpha value is -1.99. The molecule has 1 atom stereocenters. The second kappa shape index (κ2) is 5.56. The highest BCUT2D eigenvalue weighted by molar-refractivity contribution is 7.11. The van der Waals surface area contributed by atoms with Gasteiger partial charge in [0.25, 0.3) is 0 Å². The van der Waals surface area contributed by atoms with Crippen molar-refractivity contribution in [2.75, 3.05) is 6.61 Å². The smallest absolute Gasteiger partial charge is 0.321 e. The Morgan fingerprint density at radius 2 is 2.11 bits per heavy atom. The van der Waals surface area contributed by atoms with Gasteiger partial charge in [0, 0.05) is 0 Å². The van der Waals surface area contributed by atoms with Crippen LogP contribution in [0.5, 0.6) is 0 Å². The van der Waals surface area contributed by atoms with E-state index in [0.29, 0.717) is 10.0 Å². The number of nitriles is 2. The standard InChI is InChI=1S/C11H12N4O2S/c1-4-17-10(16)11(3,8(5-12)6-13)9-15-14-7(2)18-9/h8H,4H2,1-3H3. The molecule has 1 rings (SSSR count). The lowest BCUT2D eigenvalue weighted by atomic mass is 9.79. The second-order valence-electron chi connectivity index (χ2n) is 3.74. The van der Waals surface area contributed by atoms with E-state index in [-0.39, 0.29) is 6.61 Å². The summed E-state index contributed by atoms with van der Waals surface area (Å²) >= 11 is 1.18. The van der Waals surface area contributed by atoms with Crippen molar-refractivity contribution in [2.45, 2.75) is 26.2 Å². The number of esters is 1. The zero-order valence-corrected chi connectivity index (χ0v) is 11.1. The van der Waals surface area contributed by atoms with Crippen molar-refractivity contribution in [3.8, 4) is 12.1 Å². The van der Waals surface area contributed by atoms with Gasteiger partial charge in [0.2, 0.25) is 0 Å². The Kier molecular flexibility index (Phi) is 4.35. The van der Waals surface area contributed by atoms with Gasteiger partial charge in [-0.05, 0) is 20.8 Å². The molecule has 0 spiro atoms. The first-order valence-electron chi connectivity index (χ1n) is 5.27. The zero-order valence-electron chi connectivity index (χ0n) is 10.3. The second-order valence-corrected chi connectivity index (χ2v) is 4.92. The first-order valence-corrected chi connectivity index (χ1v) is 6.09. The van der Waals surface area contributed by atoms with Crippen LogP contribution in [0.15, 0.2) is 0 Å². The molecule has 1 unspecified atom stereocenters. The van der Waals surface area contributed by atoms with Gasteiger partial charge in [-0.3, -0.25) is 4.79 Å². The van der Waals surface area contributed by atoms with E-state index in [1.165, 1.54) is 18.3 Å². The van der Waals surface area contributed by atoms with Crippen molar-refractivity contribution in [2.24, 2.45) is 5.92 Å². The molecule has 0 bridgehead atoms. The van der Waals surface area contributed by atoms with Gasteiger partial charge in [0.1, 0.15) is 15.4 Å². The minimum absolute atomic E-state index is 0.176. The maximum absolute atomic E-state index is 12.0. The summed E-state index contributed by atoms with van der Waals surface area (Å²) in [4.78, 5) is 12.0. The summed E-state index contributed by atoms with van der Waals surface area (Å²) in [5.74, 6) is -1.79. The third-order valence-electron chi connectivity index (χ3n) is 2.51. The van der Waals surface area contributed by atoms with Crippen LogP contribution < -0.4 is 0 Å². The summed E-state index contributed by atoms with van der Waals surface area (Å²) in [5.41, 5.74) is -1.40. The number of nitrogens with zero attached hydrogens (tertiary/aromatic N) is 4. The fraction of sp³-hybridized carbons (Fsp3) is 0.545. The summed E-state index contributed by atoms with van der Waals surface area (Å²) in [6.07, 6.45) is 0. The fourth-order valence-electron chi connectivity index (χ4n) is 1.40. The molecule has 94 valence electrons. The lowest BCUT2D eigenvalue weighted by molar-refractivity contribution is -0.150. The number of aromatic nitrogens is 2. The van der Waals surface area contributed by atoms with Crippen molar-refractivity contribution in [3.05, 3.63) is 10.0 Å². The minimum Gasteiger partial charge on any atom is -0.465 e. The zero-order chi connectivity index (χ0) is 13.8. The van der Waals surface area contributed by atoms with Crippen LogP contribution in [0, 0.1) is 35.5 Å². The molecule has 0 saturated carbocycles. The number of ether oxygens (including phenoxy) is 1. The number of hydrogen-bond acceptors (Lipinski definition) is 7. The maximum Gasteiger partial charge on any atom is 0.321 e. The van der Waals surface area contributed by atoms with E-state index in [1.54, 1.807) is 13.8 Å². The Bertz CT molecular complexity index is 514. The van der Waals surface area contributed by atoms with Crippen LogP contribution >= 0.6 is 11.3 Å². The van der Waals surface area contributed by atoms with Crippen LogP contribution in [0.4, 0.5) is 0 Å². The Morgan fingerprint density at radius 3 is 2.50 bits per heavy atom. The van der Waals surface area contributed by atoms with Crippen LogP contribution in [0.2, 0.25) is 0 Å². The van der Waals surface area contributed by atoms with Crippen molar-refractivity contribution in [3.63, 3.8) is 0 Å². The highest BCUT2D eigenvalue weighted by Gasteiger charge is 2.48. The van der Waals surface area contributed by atoms with Crippen LogP contribution in [-0.4, -0.2) is 22.8 Å². The molecule has 0 N–H and O–H groups in total. The van der Waals surface area contributed by atoms with Gasteiger partial charge in [-0.15, -0.1) is 21.5 Å². The van der Waals surface area contributed by atoms with Gasteiger partial charge < -0.3 is 4.74 Å². The molecule has 0 aliphatic rings. The van der Waals surface area contributed by atoms with E-state index in [4.69, 9.17) is 15.3 Å². The van der Waals surface area contributed by atoms with E-state index in [0.717, 1.165) is 0 Å². The molecule has 1 heterocycles. The lowest BCUT2D eigenvalue weighted by Gasteiger charge is -2.24. The maximum atomic E-state index is 12.0. The number of carbonyl (C=O) groups excluding carboxylic acids is 1. The van der Waals surface area contributed by atoms with Crippen molar-refractivity contribution in [1.29, 1.82) is 10.5 Å². The normalized spacial score (nSPS) is 13.4. The van der Waals surface area contributed by atoms with Gasteiger partial charge in [-0.25, -0.2) is 0 Å². The molecule has 18 heavy (non-hydrogen) atoms. The van der Waals surface area contributed by atoms with Crippen molar-refractivity contribution >= 4 is 17.3 Å². The van der Waals surface area contributed by atoms with Crippen LogP contribution in [0.25, 0.3) is 0 Å². The molecular weight excluding hydrogens is 252 g/mol. The summed E-state index contributed by atoms with van der Waals surface area (Å²) < 4.78 is 4.95. The lowest BCUT2D eigenvalue weighted by Crippen LogP contribution is -2.40. The quantitative estimate of drug-likeness (QED) is 0.760. The third-order valence-corrected chi connectivity index (χ3v) is 3.58. The number of carbonyl (C=O) groups is 1. The van der Waals surface area contributed by atoms with Gasteiger partial charge in [0.05, 0.1) is 18.7 Å². The Balaban J connectivity index is 3.31. The largest absolute Gasteiger partial charge is 0.465 e. The average molecular weight is 264 g/mol. The van der Waals surface area contributed by atoms with Gasteiger partial charge >= 0.3 is 5.97 Å². The molecule has 0 amide bonds. The summed E-state index contributed by atoms with van der Waals surface area (Å²) in [7, 11) is 0. The molecule has 0 radical (unpaired) electrons. The molecule has 0 aliphatic heterocycles. The van der Waals surface area contributed by atoms with Crippen molar-refractivity contribution < 1.29 is 9.53 Å². The fourth-order valence-corrected chi connectivity index (χ4v) is 2.26. The van der Waals surface area contributed by atoms with Crippen molar-refractivity contribution in [1.82, 2.24) is 10.2 Å². The van der Waals surface area contributed by atoms with E-state index in [9.17, 15) is 4.79 Å². The Morgan fingerprint density at radius 1 is 1.50 bits per heavy atom. The molecule has 1 aromatic rings. The van der Waals surface area contributed by atoms with Crippen LogP contribution in [-0.2, 0) is 14.9 Å². The predicted octanol–water partition coefficient (Wildman–Crippen LogP) is 1.33. The van der Waals surface area contributed by atoms with E-state index in [2.05, 4.69) is 10.2 Å². The summed E-state index contributed by atoms with van der Waals surface area (Å²) in [6, 6.07) is 3.63. The van der Waals surface area contributed by atoms with Gasteiger partial charge in [0.15, 0.2) is 5.92 Å². The highest BCUT2D eigenvalue weighted by Crippen LogP contribution is 2.35. The number of aryl methyl sites for hydroxylation is 1. The third kappa shape index (κ3) is 2.31. The average Bonchev–Trinajstić information content (AvgIpc) is 2.77. The van der Waals surface area contributed by atoms with E-state index < -0.39 is 17.3 Å². The molecule has 7 heteroatoms. The van der Waals surface area contributed by atoms with Gasteiger partial charge in [-0.1, -0.05) is 0 Å². The Labute approximate surface area is 109 Å². The first-order chi connectivity index (χ1) is 8.50. The molecule has 0 aromatic carbocycles. The topological polar surface area (TPSA) is 99.7 Å². The highest BCUT2D eigenvalue weighted by atomic mass is 32.1. The molecular formula is C11H12N4O2S. The monoisotopic (exact) mass is 264 g/mol. The number of hydrogen-bond donors (Lipinski definition) is 0. The summed E-state index contributed by atoms with van der Waals surface area (Å²) in [5, 5.41) is 26.7. The molecule has 0 fully saturated rings. The van der Waals surface area contributed by atoms with Crippen LogP contribution in [0.3, 0.4) is 0 Å². The van der Waals surface area contributed by atoms with Crippen LogP contribution in [0.1, 0.15) is 23.9 Å². The van der Waals surface area contributed by atoms with E-state index >= 15 is 0 Å². The number of rotatable bonds is 4. The molecule has 1 aromatic heterocycles. The molecule has 6 nitrogen and oxygen atoms in total. The van der Waals surface area contributed by atoms with Gasteiger partial charge in [-0.2, -0.15) is 10.5 Å². The minimum atomic E-state index is -1.40. The first kappa shape index (κ1) is 14.1. The molecule has 0 aliphatic carbocycles. The SMILES string of the molecule is CCOC(=O)C(C)(c1nnc(C)s1)C(C#N)C#N. The predicted molar refractivity (Wildman–Crippen MR) is 63.3 cm³/mol.